The molecule has 2 N–H and O–H groups in total. The third-order valence-electron chi connectivity index (χ3n) is 2.86. The molecule has 0 aromatic heterocycles. The van der Waals surface area contributed by atoms with Crippen molar-refractivity contribution in [1.29, 1.82) is 0 Å². The molecule has 0 aliphatic heterocycles. The minimum absolute atomic E-state index is 0.182. The summed E-state index contributed by atoms with van der Waals surface area (Å²) in [6.07, 6.45) is 2.33. The van der Waals surface area contributed by atoms with E-state index >= 15 is 0 Å². The summed E-state index contributed by atoms with van der Waals surface area (Å²) in [7, 11) is 3.46. The van der Waals surface area contributed by atoms with Crippen molar-refractivity contribution >= 4 is 0 Å². The number of ether oxygens (including phenoxy) is 2. The zero-order valence-electron chi connectivity index (χ0n) is 8.12. The summed E-state index contributed by atoms with van der Waals surface area (Å²) < 4.78 is 10.6. The Morgan fingerprint density at radius 3 is 2.08 bits per heavy atom. The maximum atomic E-state index is 5.93. The fourth-order valence-electron chi connectivity index (χ4n) is 1.84. The van der Waals surface area contributed by atoms with Crippen LogP contribution in [0.3, 0.4) is 0 Å². The molecule has 2 unspecified atom stereocenters. The van der Waals surface area contributed by atoms with E-state index in [1.807, 2.05) is 0 Å². The average Bonchev–Trinajstić information content (AvgIpc) is 2.09. The van der Waals surface area contributed by atoms with E-state index in [0.717, 1.165) is 12.8 Å². The lowest BCUT2D eigenvalue weighted by Crippen LogP contribution is -2.46. The Bertz CT molecular complexity index is 124. The Labute approximate surface area is 74.2 Å². The quantitative estimate of drug-likeness (QED) is 0.671. The van der Waals surface area contributed by atoms with Crippen LogP contribution in [0.1, 0.15) is 19.8 Å². The zero-order chi connectivity index (χ0) is 9.14. The molecule has 0 saturated heterocycles. The molecule has 0 aromatic carbocycles. The number of methoxy groups -OCH3 is 2. The van der Waals surface area contributed by atoms with Crippen molar-refractivity contribution in [3.05, 3.63) is 0 Å². The minimum atomic E-state index is 0.182. The minimum Gasteiger partial charge on any atom is -0.379 e. The van der Waals surface area contributed by atoms with Gasteiger partial charge in [0.15, 0.2) is 0 Å². The summed E-state index contributed by atoms with van der Waals surface area (Å²) in [6.45, 7) is 2.17. The van der Waals surface area contributed by atoms with Crippen molar-refractivity contribution in [2.75, 3.05) is 14.2 Å². The van der Waals surface area contributed by atoms with E-state index in [4.69, 9.17) is 15.2 Å². The molecular weight excluding hydrogens is 154 g/mol. The van der Waals surface area contributed by atoms with Crippen molar-refractivity contribution in [3.8, 4) is 0 Å². The van der Waals surface area contributed by atoms with Crippen LogP contribution in [-0.2, 0) is 9.47 Å². The topological polar surface area (TPSA) is 44.5 Å². The van der Waals surface area contributed by atoms with Gasteiger partial charge >= 0.3 is 0 Å². The maximum absolute atomic E-state index is 5.93. The first-order valence-electron chi connectivity index (χ1n) is 4.50. The first kappa shape index (κ1) is 9.96. The summed E-state index contributed by atoms with van der Waals surface area (Å²) in [4.78, 5) is 0. The van der Waals surface area contributed by atoms with Gasteiger partial charge in [-0.05, 0) is 18.8 Å². The van der Waals surface area contributed by atoms with E-state index in [-0.39, 0.29) is 18.2 Å². The van der Waals surface area contributed by atoms with Gasteiger partial charge in [0.1, 0.15) is 0 Å². The van der Waals surface area contributed by atoms with E-state index in [2.05, 4.69) is 6.92 Å². The van der Waals surface area contributed by atoms with Crippen LogP contribution >= 0.6 is 0 Å². The van der Waals surface area contributed by atoms with Crippen LogP contribution < -0.4 is 5.73 Å². The predicted octanol–water partition coefficient (Wildman–Crippen LogP) is 0.774. The summed E-state index contributed by atoms with van der Waals surface area (Å²) in [5, 5.41) is 0. The van der Waals surface area contributed by atoms with Crippen LogP contribution in [0.2, 0.25) is 0 Å². The SMILES string of the molecule is COC1C[C@@H](N)[C@@H](C)CC1OC. The molecule has 0 amide bonds. The summed E-state index contributed by atoms with van der Waals surface area (Å²) >= 11 is 0. The van der Waals surface area contributed by atoms with E-state index < -0.39 is 0 Å². The standard InChI is InChI=1S/C9H19NO2/c1-6-4-8(11-2)9(12-3)5-7(6)10/h6-9H,4-5,10H2,1-3H3/t6-,7+,8?,9?/m0/s1. The molecule has 0 spiro atoms. The van der Waals surface area contributed by atoms with Crippen LogP contribution in [0.15, 0.2) is 0 Å². The Morgan fingerprint density at radius 2 is 1.58 bits per heavy atom. The fraction of sp³-hybridized carbons (Fsp3) is 1.00. The lowest BCUT2D eigenvalue weighted by molar-refractivity contribution is -0.0734. The van der Waals surface area contributed by atoms with Gasteiger partial charge in [0.05, 0.1) is 12.2 Å². The first-order chi connectivity index (χ1) is 5.69. The molecule has 0 bridgehead atoms. The van der Waals surface area contributed by atoms with Crippen molar-refractivity contribution in [3.63, 3.8) is 0 Å². The molecule has 3 heteroatoms. The van der Waals surface area contributed by atoms with Gasteiger partial charge in [-0.15, -0.1) is 0 Å². The Morgan fingerprint density at radius 1 is 1.08 bits per heavy atom. The highest BCUT2D eigenvalue weighted by Gasteiger charge is 2.33. The molecule has 1 rings (SSSR count). The van der Waals surface area contributed by atoms with Gasteiger partial charge in [0, 0.05) is 20.3 Å². The molecule has 1 fully saturated rings. The third-order valence-corrected chi connectivity index (χ3v) is 2.86. The van der Waals surface area contributed by atoms with E-state index in [1.165, 1.54) is 0 Å². The third kappa shape index (κ3) is 1.97. The lowest BCUT2D eigenvalue weighted by Gasteiger charge is -2.36. The van der Waals surface area contributed by atoms with Crippen LogP contribution in [0.5, 0.6) is 0 Å². The van der Waals surface area contributed by atoms with Gasteiger partial charge in [-0.25, -0.2) is 0 Å². The van der Waals surface area contributed by atoms with Crippen molar-refractivity contribution < 1.29 is 9.47 Å². The molecule has 12 heavy (non-hydrogen) atoms. The Kier molecular flexibility index (Phi) is 3.50. The van der Waals surface area contributed by atoms with Gasteiger partial charge < -0.3 is 15.2 Å². The van der Waals surface area contributed by atoms with Crippen molar-refractivity contribution in [2.24, 2.45) is 11.7 Å². The molecule has 1 aliphatic carbocycles. The van der Waals surface area contributed by atoms with Crippen LogP contribution in [0, 0.1) is 5.92 Å². The average molecular weight is 173 g/mol. The van der Waals surface area contributed by atoms with E-state index in [1.54, 1.807) is 14.2 Å². The first-order valence-corrected chi connectivity index (χ1v) is 4.50. The van der Waals surface area contributed by atoms with E-state index in [0.29, 0.717) is 5.92 Å². The fourth-order valence-corrected chi connectivity index (χ4v) is 1.84. The maximum Gasteiger partial charge on any atom is 0.0847 e. The molecule has 72 valence electrons. The predicted molar refractivity (Wildman–Crippen MR) is 48.0 cm³/mol. The molecule has 1 aliphatic rings. The normalized spacial score (nSPS) is 43.0. The Balaban J connectivity index is 2.52. The molecule has 1 saturated carbocycles. The van der Waals surface area contributed by atoms with Gasteiger partial charge in [-0.1, -0.05) is 6.92 Å². The van der Waals surface area contributed by atoms with Gasteiger partial charge in [-0.3, -0.25) is 0 Å². The molecule has 3 nitrogen and oxygen atoms in total. The Hall–Kier alpha value is -0.120. The van der Waals surface area contributed by atoms with E-state index in [9.17, 15) is 0 Å². The zero-order valence-corrected chi connectivity index (χ0v) is 8.12. The number of rotatable bonds is 2. The summed E-state index contributed by atoms with van der Waals surface area (Å²) in [5.41, 5.74) is 5.93. The van der Waals surface area contributed by atoms with Crippen LogP contribution in [0.4, 0.5) is 0 Å². The molecule has 0 heterocycles. The number of nitrogens with two attached hydrogens (primary N) is 1. The van der Waals surface area contributed by atoms with Crippen LogP contribution in [0.25, 0.3) is 0 Å². The number of hydrogen-bond acceptors (Lipinski definition) is 3. The van der Waals surface area contributed by atoms with Gasteiger partial charge in [0.2, 0.25) is 0 Å². The summed E-state index contributed by atoms with van der Waals surface area (Å²) in [6, 6.07) is 0.265. The summed E-state index contributed by atoms with van der Waals surface area (Å²) in [5.74, 6) is 0.543. The molecule has 0 aromatic rings. The highest BCUT2D eigenvalue weighted by Crippen LogP contribution is 2.26. The van der Waals surface area contributed by atoms with Crippen LogP contribution in [-0.4, -0.2) is 32.5 Å². The van der Waals surface area contributed by atoms with Crippen molar-refractivity contribution in [2.45, 2.75) is 38.0 Å². The molecule has 4 atom stereocenters. The lowest BCUT2D eigenvalue weighted by atomic mass is 9.83. The second-order valence-electron chi connectivity index (χ2n) is 3.66. The highest BCUT2D eigenvalue weighted by atomic mass is 16.5. The number of hydrogen-bond donors (Lipinski definition) is 1. The second-order valence-corrected chi connectivity index (χ2v) is 3.66. The molecular formula is C9H19NO2. The molecule has 0 radical (unpaired) electrons. The monoisotopic (exact) mass is 173 g/mol. The highest BCUT2D eigenvalue weighted by molar-refractivity contribution is 4.87. The largest absolute Gasteiger partial charge is 0.379 e. The van der Waals surface area contributed by atoms with Gasteiger partial charge in [-0.2, -0.15) is 0 Å². The van der Waals surface area contributed by atoms with Gasteiger partial charge in [0.25, 0.3) is 0 Å². The smallest absolute Gasteiger partial charge is 0.0847 e. The second kappa shape index (κ2) is 4.21. The van der Waals surface area contributed by atoms with Crippen molar-refractivity contribution in [1.82, 2.24) is 0 Å².